The Hall–Kier alpha value is -1.79. The molecule has 8 heteroatoms. The van der Waals surface area contributed by atoms with E-state index < -0.39 is 0 Å². The lowest BCUT2D eigenvalue weighted by Gasteiger charge is -2.17. The number of likely N-dealkylation sites (N-methyl/N-ethyl adjacent to an activating group) is 1. The van der Waals surface area contributed by atoms with Crippen LogP contribution in [0.5, 0.6) is 0 Å². The molecule has 2 aromatic rings. The minimum absolute atomic E-state index is 0.00337. The van der Waals surface area contributed by atoms with Crippen LogP contribution in [-0.4, -0.2) is 36.9 Å². The Morgan fingerprint density at radius 3 is 2.08 bits per heavy atom. The van der Waals surface area contributed by atoms with Gasteiger partial charge in [-0.15, -0.1) is 0 Å². The van der Waals surface area contributed by atoms with Crippen molar-refractivity contribution in [2.45, 2.75) is 6.92 Å². The first-order valence-electron chi connectivity index (χ1n) is 7.74. The molecule has 0 aliphatic carbocycles. The molecular formula is C18H18Cl3N3O2. The number of benzene rings is 2. The second-order valence-electron chi connectivity index (χ2n) is 5.85. The third-order valence-electron chi connectivity index (χ3n) is 3.45. The number of hydrogen-bond donors (Lipinski definition) is 2. The Balaban J connectivity index is 1.88. The summed E-state index contributed by atoms with van der Waals surface area (Å²) in [5.41, 5.74) is 1.88. The van der Waals surface area contributed by atoms with E-state index in [1.807, 2.05) is 13.0 Å². The highest BCUT2D eigenvalue weighted by molar-refractivity contribution is 6.39. The number of rotatable bonds is 6. The average molecular weight is 415 g/mol. The molecular weight excluding hydrogens is 397 g/mol. The largest absolute Gasteiger partial charge is 0.324 e. The van der Waals surface area contributed by atoms with E-state index in [2.05, 4.69) is 10.6 Å². The van der Waals surface area contributed by atoms with Gasteiger partial charge in [0.2, 0.25) is 11.8 Å². The van der Waals surface area contributed by atoms with Crippen LogP contribution in [0, 0.1) is 6.92 Å². The van der Waals surface area contributed by atoms with Crippen LogP contribution in [0.3, 0.4) is 0 Å². The molecule has 0 spiro atoms. The maximum Gasteiger partial charge on any atom is 0.238 e. The Morgan fingerprint density at radius 2 is 1.50 bits per heavy atom. The van der Waals surface area contributed by atoms with E-state index >= 15 is 0 Å². The van der Waals surface area contributed by atoms with Crippen LogP contribution in [0.25, 0.3) is 0 Å². The molecule has 2 rings (SSSR count). The molecule has 0 aliphatic rings. The van der Waals surface area contributed by atoms with E-state index in [-0.39, 0.29) is 24.9 Å². The lowest BCUT2D eigenvalue weighted by molar-refractivity contribution is -0.119. The number of halogens is 3. The number of hydrogen-bond acceptors (Lipinski definition) is 3. The average Bonchev–Trinajstić information content (AvgIpc) is 2.53. The molecule has 0 aliphatic heterocycles. The fourth-order valence-corrected chi connectivity index (χ4v) is 3.03. The smallest absolute Gasteiger partial charge is 0.238 e. The molecule has 2 N–H and O–H groups in total. The van der Waals surface area contributed by atoms with Crippen LogP contribution in [0.2, 0.25) is 15.1 Å². The van der Waals surface area contributed by atoms with Gasteiger partial charge >= 0.3 is 0 Å². The Kier molecular flexibility index (Phi) is 7.29. The molecule has 2 aromatic carbocycles. The Morgan fingerprint density at radius 1 is 0.923 bits per heavy atom. The van der Waals surface area contributed by atoms with Gasteiger partial charge in [-0.25, -0.2) is 0 Å². The summed E-state index contributed by atoms with van der Waals surface area (Å²) in [5, 5.41) is 6.53. The molecule has 0 heterocycles. The summed E-state index contributed by atoms with van der Waals surface area (Å²) < 4.78 is 0. The molecule has 0 radical (unpaired) electrons. The van der Waals surface area contributed by atoms with E-state index in [1.54, 1.807) is 42.3 Å². The van der Waals surface area contributed by atoms with Crippen LogP contribution in [0.4, 0.5) is 11.4 Å². The highest BCUT2D eigenvalue weighted by Crippen LogP contribution is 2.29. The second-order valence-corrected chi connectivity index (χ2v) is 7.07. The van der Waals surface area contributed by atoms with E-state index in [4.69, 9.17) is 34.8 Å². The molecule has 0 unspecified atom stereocenters. The third kappa shape index (κ3) is 5.88. The zero-order valence-corrected chi connectivity index (χ0v) is 16.5. The molecule has 0 fully saturated rings. The molecule has 0 saturated carbocycles. The normalized spacial score (nSPS) is 10.7. The highest BCUT2D eigenvalue weighted by atomic mass is 35.5. The molecule has 0 saturated heterocycles. The Bertz CT molecular complexity index is 807. The third-order valence-corrected chi connectivity index (χ3v) is 4.40. The van der Waals surface area contributed by atoms with Gasteiger partial charge in [0, 0.05) is 0 Å². The van der Waals surface area contributed by atoms with Crippen molar-refractivity contribution in [2.24, 2.45) is 0 Å². The van der Waals surface area contributed by atoms with Crippen molar-refractivity contribution in [3.63, 3.8) is 0 Å². The standard InChI is InChI=1S/C18H18Cl3N3O2/c1-11-6-7-15(14(21)8-11)22-16(25)9-24(2)10-17(26)23-18-12(19)4-3-5-13(18)20/h3-8H,9-10H2,1-2H3,(H,22,25)(H,23,26). The summed E-state index contributed by atoms with van der Waals surface area (Å²) >= 11 is 18.1. The van der Waals surface area contributed by atoms with Gasteiger partial charge in [-0.05, 0) is 43.8 Å². The zero-order valence-electron chi connectivity index (χ0n) is 14.3. The highest BCUT2D eigenvalue weighted by Gasteiger charge is 2.14. The van der Waals surface area contributed by atoms with E-state index in [1.165, 1.54) is 0 Å². The van der Waals surface area contributed by atoms with Gasteiger partial charge in [-0.2, -0.15) is 0 Å². The van der Waals surface area contributed by atoms with E-state index in [0.29, 0.717) is 26.4 Å². The maximum atomic E-state index is 12.1. The number of anilines is 2. The molecule has 2 amide bonds. The van der Waals surface area contributed by atoms with Crippen LogP contribution in [-0.2, 0) is 9.59 Å². The first-order valence-corrected chi connectivity index (χ1v) is 8.88. The SMILES string of the molecule is Cc1ccc(NC(=O)CN(C)CC(=O)Nc2c(Cl)cccc2Cl)c(Cl)c1. The van der Waals surface area contributed by atoms with Crippen LogP contribution in [0.15, 0.2) is 36.4 Å². The monoisotopic (exact) mass is 413 g/mol. The molecule has 138 valence electrons. The fourth-order valence-electron chi connectivity index (χ4n) is 2.25. The van der Waals surface area contributed by atoms with Crippen molar-refractivity contribution in [3.05, 3.63) is 57.0 Å². The molecule has 5 nitrogen and oxygen atoms in total. The van der Waals surface area contributed by atoms with Gasteiger partial charge in [0.15, 0.2) is 0 Å². The summed E-state index contributed by atoms with van der Waals surface area (Å²) in [6.07, 6.45) is 0. The number of para-hydroxylation sites is 1. The van der Waals surface area contributed by atoms with Gasteiger partial charge in [0.25, 0.3) is 0 Å². The number of aryl methyl sites for hydroxylation is 1. The number of nitrogens with zero attached hydrogens (tertiary/aromatic N) is 1. The van der Waals surface area contributed by atoms with Gasteiger partial charge in [-0.3, -0.25) is 14.5 Å². The number of nitrogens with one attached hydrogen (secondary N) is 2. The molecule has 0 aromatic heterocycles. The van der Waals surface area contributed by atoms with Gasteiger partial charge in [-0.1, -0.05) is 46.9 Å². The minimum atomic E-state index is -0.330. The van der Waals surface area contributed by atoms with Crippen molar-refractivity contribution in [1.29, 1.82) is 0 Å². The molecule has 26 heavy (non-hydrogen) atoms. The summed E-state index contributed by atoms with van der Waals surface area (Å²) in [6.45, 7) is 1.93. The number of amides is 2. The van der Waals surface area contributed by atoms with Crippen molar-refractivity contribution in [1.82, 2.24) is 4.90 Å². The topological polar surface area (TPSA) is 61.4 Å². The van der Waals surface area contributed by atoms with Crippen molar-refractivity contribution in [3.8, 4) is 0 Å². The van der Waals surface area contributed by atoms with E-state index in [9.17, 15) is 9.59 Å². The van der Waals surface area contributed by atoms with Crippen molar-refractivity contribution >= 4 is 58.0 Å². The fraction of sp³-hybridized carbons (Fsp3) is 0.222. The van der Waals surface area contributed by atoms with Gasteiger partial charge < -0.3 is 10.6 Å². The van der Waals surface area contributed by atoms with Crippen LogP contribution >= 0.6 is 34.8 Å². The second kappa shape index (κ2) is 9.24. The summed E-state index contributed by atoms with van der Waals surface area (Å²) in [7, 11) is 1.66. The predicted molar refractivity (Wildman–Crippen MR) is 107 cm³/mol. The summed E-state index contributed by atoms with van der Waals surface area (Å²) in [4.78, 5) is 25.8. The summed E-state index contributed by atoms with van der Waals surface area (Å²) in [6, 6.07) is 10.3. The van der Waals surface area contributed by atoms with Crippen LogP contribution in [0.1, 0.15) is 5.56 Å². The van der Waals surface area contributed by atoms with Crippen molar-refractivity contribution in [2.75, 3.05) is 30.8 Å². The predicted octanol–water partition coefficient (Wildman–Crippen LogP) is 4.46. The lowest BCUT2D eigenvalue weighted by Crippen LogP contribution is -2.36. The first kappa shape index (κ1) is 20.5. The number of carbonyl (C=O) groups is 2. The Labute approximate surface area is 167 Å². The van der Waals surface area contributed by atoms with Gasteiger partial charge in [0.1, 0.15) is 0 Å². The minimum Gasteiger partial charge on any atom is -0.324 e. The quantitative estimate of drug-likeness (QED) is 0.733. The van der Waals surface area contributed by atoms with Crippen LogP contribution < -0.4 is 10.6 Å². The summed E-state index contributed by atoms with van der Waals surface area (Å²) in [5.74, 6) is -0.606. The first-order chi connectivity index (χ1) is 12.3. The van der Waals surface area contributed by atoms with Crippen molar-refractivity contribution < 1.29 is 9.59 Å². The molecule has 0 atom stereocenters. The zero-order chi connectivity index (χ0) is 19.3. The lowest BCUT2D eigenvalue weighted by atomic mass is 10.2. The van der Waals surface area contributed by atoms with E-state index in [0.717, 1.165) is 5.56 Å². The van der Waals surface area contributed by atoms with Gasteiger partial charge in [0.05, 0.1) is 39.5 Å². The molecule has 0 bridgehead atoms. The number of carbonyl (C=O) groups excluding carboxylic acids is 2. The maximum absolute atomic E-state index is 12.1.